The Kier molecular flexibility index (Phi) is 4.00. The molecule has 0 bridgehead atoms. The lowest BCUT2D eigenvalue weighted by Crippen LogP contribution is -1.91. The monoisotopic (exact) mass is 194 g/mol. The van der Waals surface area contributed by atoms with Crippen molar-refractivity contribution in [1.29, 1.82) is 0 Å². The van der Waals surface area contributed by atoms with E-state index in [1.807, 2.05) is 0 Å². The number of rotatable bonds is 1. The summed E-state index contributed by atoms with van der Waals surface area (Å²) in [5, 5.41) is 0.481. The summed E-state index contributed by atoms with van der Waals surface area (Å²) in [6.45, 7) is 0. The van der Waals surface area contributed by atoms with Crippen LogP contribution in [0.1, 0.15) is 0 Å². The maximum atomic E-state index is 5.68. The molecule has 1 aromatic rings. The highest BCUT2D eigenvalue weighted by Crippen LogP contribution is 2.23. The molecule has 0 aromatic carbocycles. The van der Waals surface area contributed by atoms with E-state index in [2.05, 4.69) is 4.98 Å². The molecule has 1 rings (SSSR count). The summed E-state index contributed by atoms with van der Waals surface area (Å²) in [6, 6.07) is 1.54. The maximum Gasteiger partial charge on any atom is 0.155 e. The van der Waals surface area contributed by atoms with Gasteiger partial charge in [-0.2, -0.15) is 0 Å². The van der Waals surface area contributed by atoms with Gasteiger partial charge >= 0.3 is 0 Å². The van der Waals surface area contributed by atoms with Crippen molar-refractivity contribution in [2.24, 2.45) is 0 Å². The third-order valence-corrected chi connectivity index (χ3v) is 1.36. The van der Waals surface area contributed by atoms with E-state index >= 15 is 0 Å². The number of nitrogen functional groups attached to an aromatic ring is 1. The van der Waals surface area contributed by atoms with Crippen molar-refractivity contribution in [3.8, 4) is 5.75 Å². The molecule has 0 spiro atoms. The lowest BCUT2D eigenvalue weighted by molar-refractivity contribution is 0.413. The normalized spacial score (nSPS) is 8.55. The molecule has 11 heavy (non-hydrogen) atoms. The Hall–Kier alpha value is -0.670. The molecule has 62 valence electrons. The Balaban J connectivity index is 0.000001000. The molecular formula is C6H8Cl2N2O. The molecule has 0 atom stereocenters. The van der Waals surface area contributed by atoms with Crippen molar-refractivity contribution < 1.29 is 4.74 Å². The summed E-state index contributed by atoms with van der Waals surface area (Å²) in [6.07, 6.45) is 1.48. The molecule has 0 fully saturated rings. The zero-order chi connectivity index (χ0) is 7.56. The molecule has 2 N–H and O–H groups in total. The predicted molar refractivity (Wildman–Crippen MR) is 47.5 cm³/mol. The molecule has 0 aliphatic heterocycles. The summed E-state index contributed by atoms with van der Waals surface area (Å²) in [7, 11) is 1.53. The van der Waals surface area contributed by atoms with Gasteiger partial charge in [0.2, 0.25) is 0 Å². The second kappa shape index (κ2) is 4.26. The third kappa shape index (κ3) is 2.44. The second-order valence-electron chi connectivity index (χ2n) is 1.74. The Morgan fingerprint density at radius 3 is 2.73 bits per heavy atom. The van der Waals surface area contributed by atoms with Gasteiger partial charge in [-0.15, -0.1) is 12.4 Å². The number of hydrogen-bond donors (Lipinski definition) is 1. The first-order valence-electron chi connectivity index (χ1n) is 2.69. The molecular weight excluding hydrogens is 187 g/mol. The largest absolute Gasteiger partial charge is 0.494 e. The van der Waals surface area contributed by atoms with Crippen LogP contribution in [0.2, 0.25) is 5.02 Å². The number of nitrogens with two attached hydrogens (primary N) is 1. The van der Waals surface area contributed by atoms with Crippen LogP contribution in [0, 0.1) is 0 Å². The Morgan fingerprint density at radius 1 is 1.64 bits per heavy atom. The highest BCUT2D eigenvalue weighted by atomic mass is 35.5. The van der Waals surface area contributed by atoms with Crippen LogP contribution in [-0.4, -0.2) is 12.1 Å². The lowest BCUT2D eigenvalue weighted by Gasteiger charge is -2.00. The third-order valence-electron chi connectivity index (χ3n) is 1.06. The fourth-order valence-corrected chi connectivity index (χ4v) is 0.821. The summed E-state index contributed by atoms with van der Waals surface area (Å²) in [5.41, 5.74) is 5.33. The number of hydrogen-bond acceptors (Lipinski definition) is 3. The number of nitrogens with zero attached hydrogens (tertiary/aromatic N) is 1. The van der Waals surface area contributed by atoms with Gasteiger partial charge in [0.1, 0.15) is 5.82 Å². The van der Waals surface area contributed by atoms with Crippen LogP contribution in [0.15, 0.2) is 12.3 Å². The molecule has 0 aliphatic carbocycles. The minimum atomic E-state index is 0. The summed E-state index contributed by atoms with van der Waals surface area (Å²) in [4.78, 5) is 3.78. The Morgan fingerprint density at radius 2 is 2.27 bits per heavy atom. The maximum absolute atomic E-state index is 5.68. The average Bonchev–Trinajstić information content (AvgIpc) is 1.88. The van der Waals surface area contributed by atoms with Crippen LogP contribution in [0.3, 0.4) is 0 Å². The molecule has 0 saturated carbocycles. The standard InChI is InChI=1S/C6H7ClN2O.ClH/c1-10-5-3-9-6(8)2-4(5)7;/h2-3H,1H3,(H2,8,9);1H. The highest BCUT2D eigenvalue weighted by molar-refractivity contribution is 6.32. The number of aromatic nitrogens is 1. The molecule has 0 saturated heterocycles. The Labute approximate surface area is 75.9 Å². The number of anilines is 1. The molecule has 0 unspecified atom stereocenters. The molecule has 0 radical (unpaired) electrons. The first-order chi connectivity index (χ1) is 4.74. The average molecular weight is 195 g/mol. The first kappa shape index (κ1) is 10.3. The van der Waals surface area contributed by atoms with E-state index in [9.17, 15) is 0 Å². The number of pyridine rings is 1. The summed E-state index contributed by atoms with van der Waals surface area (Å²) < 4.78 is 4.85. The lowest BCUT2D eigenvalue weighted by atomic mass is 10.4. The van der Waals surface area contributed by atoms with E-state index in [0.29, 0.717) is 16.6 Å². The van der Waals surface area contributed by atoms with Crippen molar-refractivity contribution >= 4 is 29.8 Å². The SMILES string of the molecule is COc1cnc(N)cc1Cl.Cl. The van der Waals surface area contributed by atoms with Crippen LogP contribution >= 0.6 is 24.0 Å². The Bertz CT molecular complexity index is 242. The van der Waals surface area contributed by atoms with Crippen LogP contribution < -0.4 is 10.5 Å². The molecule has 0 aliphatic rings. The minimum Gasteiger partial charge on any atom is -0.494 e. The predicted octanol–water partition coefficient (Wildman–Crippen LogP) is 1.75. The molecule has 1 heterocycles. The van der Waals surface area contributed by atoms with E-state index in [4.69, 9.17) is 22.1 Å². The first-order valence-corrected chi connectivity index (χ1v) is 3.07. The zero-order valence-corrected chi connectivity index (χ0v) is 7.45. The van der Waals surface area contributed by atoms with Crippen molar-refractivity contribution in [2.45, 2.75) is 0 Å². The fraction of sp³-hybridized carbons (Fsp3) is 0.167. The minimum absolute atomic E-state index is 0. The van der Waals surface area contributed by atoms with Gasteiger partial charge in [-0.25, -0.2) is 4.98 Å². The quantitative estimate of drug-likeness (QED) is 0.742. The van der Waals surface area contributed by atoms with Gasteiger partial charge in [-0.3, -0.25) is 0 Å². The van der Waals surface area contributed by atoms with Gasteiger partial charge in [-0.05, 0) is 0 Å². The van der Waals surface area contributed by atoms with Gasteiger partial charge in [0.15, 0.2) is 5.75 Å². The number of ether oxygens (including phenoxy) is 1. The van der Waals surface area contributed by atoms with E-state index in [0.717, 1.165) is 0 Å². The van der Waals surface area contributed by atoms with Crippen LogP contribution in [-0.2, 0) is 0 Å². The summed E-state index contributed by atoms with van der Waals surface area (Å²) in [5.74, 6) is 0.932. The van der Waals surface area contributed by atoms with Crippen molar-refractivity contribution in [1.82, 2.24) is 4.98 Å². The molecule has 3 nitrogen and oxygen atoms in total. The highest BCUT2D eigenvalue weighted by Gasteiger charge is 1.98. The second-order valence-corrected chi connectivity index (χ2v) is 2.15. The molecule has 1 aromatic heterocycles. The van der Waals surface area contributed by atoms with Crippen molar-refractivity contribution in [3.63, 3.8) is 0 Å². The van der Waals surface area contributed by atoms with Gasteiger partial charge in [-0.1, -0.05) is 11.6 Å². The van der Waals surface area contributed by atoms with Crippen LogP contribution in [0.25, 0.3) is 0 Å². The van der Waals surface area contributed by atoms with Crippen molar-refractivity contribution in [3.05, 3.63) is 17.3 Å². The number of methoxy groups -OCH3 is 1. The van der Waals surface area contributed by atoms with Crippen LogP contribution in [0.4, 0.5) is 5.82 Å². The summed E-state index contributed by atoms with van der Waals surface area (Å²) >= 11 is 5.68. The van der Waals surface area contributed by atoms with E-state index in [1.165, 1.54) is 13.3 Å². The smallest absolute Gasteiger partial charge is 0.155 e. The zero-order valence-electron chi connectivity index (χ0n) is 5.87. The fourth-order valence-electron chi connectivity index (χ4n) is 0.583. The van der Waals surface area contributed by atoms with Gasteiger partial charge in [0.25, 0.3) is 0 Å². The number of halogens is 2. The van der Waals surface area contributed by atoms with Gasteiger partial charge < -0.3 is 10.5 Å². The van der Waals surface area contributed by atoms with Crippen LogP contribution in [0.5, 0.6) is 5.75 Å². The van der Waals surface area contributed by atoms with Gasteiger partial charge in [0.05, 0.1) is 18.3 Å². The molecule has 5 heteroatoms. The van der Waals surface area contributed by atoms with E-state index < -0.39 is 0 Å². The molecule has 0 amide bonds. The van der Waals surface area contributed by atoms with E-state index in [-0.39, 0.29) is 12.4 Å². The van der Waals surface area contributed by atoms with Gasteiger partial charge in [0, 0.05) is 6.07 Å². The van der Waals surface area contributed by atoms with E-state index in [1.54, 1.807) is 6.07 Å². The topological polar surface area (TPSA) is 48.1 Å². The van der Waals surface area contributed by atoms with Crippen molar-refractivity contribution in [2.75, 3.05) is 12.8 Å².